The summed E-state index contributed by atoms with van der Waals surface area (Å²) in [5, 5.41) is 11.1. The lowest BCUT2D eigenvalue weighted by atomic mass is 10.4. The molecule has 0 atom stereocenters. The van der Waals surface area contributed by atoms with Crippen LogP contribution in [0.2, 0.25) is 0 Å². The molecule has 0 radical (unpaired) electrons. The number of hydrogen-bond acceptors (Lipinski definition) is 5. The first-order valence-corrected chi connectivity index (χ1v) is 5.79. The summed E-state index contributed by atoms with van der Waals surface area (Å²) in [4.78, 5) is 13.9. The van der Waals surface area contributed by atoms with E-state index in [0.717, 1.165) is 12.8 Å². The smallest absolute Gasteiger partial charge is 0.364 e. The van der Waals surface area contributed by atoms with E-state index in [1.165, 1.54) is 17.8 Å². The van der Waals surface area contributed by atoms with Crippen LogP contribution in [-0.4, -0.2) is 22.3 Å². The van der Waals surface area contributed by atoms with Gasteiger partial charge in [-0.3, -0.25) is 0 Å². The lowest BCUT2D eigenvalue weighted by Gasteiger charge is -2.04. The molecule has 1 saturated carbocycles. The Labute approximate surface area is 91.0 Å². The van der Waals surface area contributed by atoms with Crippen LogP contribution in [0.1, 0.15) is 12.8 Å². The van der Waals surface area contributed by atoms with Crippen molar-refractivity contribution >= 4 is 17.6 Å². The second-order valence-electron chi connectivity index (χ2n) is 3.25. The zero-order valence-electron chi connectivity index (χ0n) is 8.17. The Morgan fingerprint density at radius 2 is 2.33 bits per heavy atom. The highest BCUT2D eigenvalue weighted by molar-refractivity contribution is 7.98. The highest BCUT2D eigenvalue weighted by Gasteiger charge is 2.26. The van der Waals surface area contributed by atoms with Gasteiger partial charge in [-0.05, 0) is 35.1 Å². The summed E-state index contributed by atoms with van der Waals surface area (Å²) in [5.74, 6) is 0.512. The first-order chi connectivity index (χ1) is 7.20. The number of ether oxygens (including phenoxy) is 1. The SMILES string of the molecule is CSc1nc([N+](=O)[O-])ccc1OC1CC1. The molecule has 1 aliphatic rings. The van der Waals surface area contributed by atoms with Crippen LogP contribution in [0.3, 0.4) is 0 Å². The quantitative estimate of drug-likeness (QED) is 0.447. The number of thioether (sulfide) groups is 1. The van der Waals surface area contributed by atoms with E-state index in [-0.39, 0.29) is 11.9 Å². The molecular weight excluding hydrogens is 216 g/mol. The van der Waals surface area contributed by atoms with Gasteiger partial charge in [-0.1, -0.05) is 11.8 Å². The molecule has 80 valence electrons. The van der Waals surface area contributed by atoms with E-state index >= 15 is 0 Å². The highest BCUT2D eigenvalue weighted by Crippen LogP contribution is 2.33. The third-order valence-corrected chi connectivity index (χ3v) is 2.69. The van der Waals surface area contributed by atoms with E-state index in [0.29, 0.717) is 10.8 Å². The van der Waals surface area contributed by atoms with Gasteiger partial charge in [-0.25, -0.2) is 0 Å². The summed E-state index contributed by atoms with van der Waals surface area (Å²) in [5.41, 5.74) is 0. The van der Waals surface area contributed by atoms with Crippen LogP contribution in [-0.2, 0) is 0 Å². The Morgan fingerprint density at radius 3 is 2.87 bits per heavy atom. The van der Waals surface area contributed by atoms with Gasteiger partial charge in [0.1, 0.15) is 0 Å². The molecule has 1 aromatic rings. The van der Waals surface area contributed by atoms with Gasteiger partial charge in [0.25, 0.3) is 5.03 Å². The van der Waals surface area contributed by atoms with Crippen LogP contribution < -0.4 is 4.74 Å². The van der Waals surface area contributed by atoms with Crippen LogP contribution in [0, 0.1) is 10.1 Å². The summed E-state index contributed by atoms with van der Waals surface area (Å²) < 4.78 is 5.58. The normalized spacial score (nSPS) is 15.0. The summed E-state index contributed by atoms with van der Waals surface area (Å²) in [6.07, 6.45) is 4.22. The predicted molar refractivity (Wildman–Crippen MR) is 56.3 cm³/mol. The Hall–Kier alpha value is -1.30. The molecule has 1 aliphatic carbocycles. The molecule has 0 spiro atoms. The number of rotatable bonds is 4. The van der Waals surface area contributed by atoms with Gasteiger partial charge in [-0.2, -0.15) is 0 Å². The zero-order chi connectivity index (χ0) is 10.8. The maximum Gasteiger partial charge on any atom is 0.364 e. The van der Waals surface area contributed by atoms with Crippen LogP contribution in [0.15, 0.2) is 17.2 Å². The third kappa shape index (κ3) is 2.38. The van der Waals surface area contributed by atoms with Gasteiger partial charge in [0.05, 0.1) is 6.10 Å². The van der Waals surface area contributed by atoms with Gasteiger partial charge >= 0.3 is 5.82 Å². The molecule has 0 aliphatic heterocycles. The summed E-state index contributed by atoms with van der Waals surface area (Å²) in [6.45, 7) is 0. The maximum atomic E-state index is 10.5. The molecule has 0 bridgehead atoms. The van der Waals surface area contributed by atoms with E-state index in [4.69, 9.17) is 4.74 Å². The van der Waals surface area contributed by atoms with E-state index in [9.17, 15) is 10.1 Å². The maximum absolute atomic E-state index is 10.5. The number of nitrogens with zero attached hydrogens (tertiary/aromatic N) is 2. The zero-order valence-corrected chi connectivity index (χ0v) is 8.99. The second kappa shape index (κ2) is 4.06. The molecule has 0 unspecified atom stereocenters. The van der Waals surface area contributed by atoms with Crippen LogP contribution in [0.4, 0.5) is 5.82 Å². The average Bonchev–Trinajstić information content (AvgIpc) is 3.02. The van der Waals surface area contributed by atoms with Crippen molar-refractivity contribution in [1.82, 2.24) is 4.98 Å². The Morgan fingerprint density at radius 1 is 1.60 bits per heavy atom. The van der Waals surface area contributed by atoms with Gasteiger partial charge in [0.2, 0.25) is 0 Å². The van der Waals surface area contributed by atoms with Crippen molar-refractivity contribution in [2.24, 2.45) is 0 Å². The first-order valence-electron chi connectivity index (χ1n) is 4.57. The Bertz CT molecular complexity index is 393. The van der Waals surface area contributed by atoms with Gasteiger partial charge in [0.15, 0.2) is 5.75 Å². The second-order valence-corrected chi connectivity index (χ2v) is 4.05. The molecule has 1 aromatic heterocycles. The lowest BCUT2D eigenvalue weighted by Crippen LogP contribution is -2.00. The van der Waals surface area contributed by atoms with Crippen LogP contribution >= 0.6 is 11.8 Å². The fourth-order valence-corrected chi connectivity index (χ4v) is 1.62. The monoisotopic (exact) mass is 226 g/mol. The number of pyridine rings is 1. The van der Waals surface area contributed by atoms with Crippen molar-refractivity contribution < 1.29 is 9.66 Å². The third-order valence-electron chi connectivity index (χ3n) is 2.01. The molecule has 5 nitrogen and oxygen atoms in total. The van der Waals surface area contributed by atoms with Gasteiger partial charge in [-0.15, -0.1) is 0 Å². The number of aromatic nitrogens is 1. The molecular formula is C9H10N2O3S. The van der Waals surface area contributed by atoms with Crippen LogP contribution in [0.5, 0.6) is 5.75 Å². The largest absolute Gasteiger partial charge is 0.485 e. The van der Waals surface area contributed by atoms with Gasteiger partial charge < -0.3 is 14.9 Å². The van der Waals surface area contributed by atoms with Crippen molar-refractivity contribution in [3.05, 3.63) is 22.2 Å². The Kier molecular flexibility index (Phi) is 2.77. The topological polar surface area (TPSA) is 65.3 Å². The van der Waals surface area contributed by atoms with Crippen molar-refractivity contribution in [1.29, 1.82) is 0 Å². The molecule has 1 fully saturated rings. The van der Waals surface area contributed by atoms with Crippen molar-refractivity contribution in [3.8, 4) is 5.75 Å². The summed E-state index contributed by atoms with van der Waals surface area (Å²) >= 11 is 1.36. The van der Waals surface area contributed by atoms with E-state index in [2.05, 4.69) is 4.98 Å². The average molecular weight is 226 g/mol. The first kappa shape index (κ1) is 10.2. The van der Waals surface area contributed by atoms with Gasteiger partial charge in [0, 0.05) is 6.07 Å². The van der Waals surface area contributed by atoms with E-state index < -0.39 is 4.92 Å². The van der Waals surface area contributed by atoms with Crippen molar-refractivity contribution in [2.75, 3.05) is 6.26 Å². The molecule has 2 rings (SSSR count). The molecule has 6 heteroatoms. The van der Waals surface area contributed by atoms with E-state index in [1.54, 1.807) is 6.07 Å². The standard InChI is InChI=1S/C9H10N2O3S/c1-15-9-7(14-6-2-3-6)4-5-8(10-9)11(12)13/h4-6H,2-3H2,1H3. The molecule has 0 N–H and O–H groups in total. The molecule has 15 heavy (non-hydrogen) atoms. The number of hydrogen-bond donors (Lipinski definition) is 0. The Balaban J connectivity index is 2.25. The number of nitro groups is 1. The summed E-state index contributed by atoms with van der Waals surface area (Å²) in [6, 6.07) is 2.99. The van der Waals surface area contributed by atoms with Crippen LogP contribution in [0.25, 0.3) is 0 Å². The minimum atomic E-state index is -0.499. The van der Waals surface area contributed by atoms with Crippen molar-refractivity contribution in [3.63, 3.8) is 0 Å². The summed E-state index contributed by atoms with van der Waals surface area (Å²) in [7, 11) is 0. The fraction of sp³-hybridized carbons (Fsp3) is 0.444. The van der Waals surface area contributed by atoms with E-state index in [1.807, 2.05) is 6.26 Å². The minimum Gasteiger partial charge on any atom is -0.485 e. The molecule has 1 heterocycles. The lowest BCUT2D eigenvalue weighted by molar-refractivity contribution is -0.390. The minimum absolute atomic E-state index is 0.137. The highest BCUT2D eigenvalue weighted by atomic mass is 32.2. The fourth-order valence-electron chi connectivity index (χ4n) is 1.12. The molecule has 0 aromatic carbocycles. The predicted octanol–water partition coefficient (Wildman–Crippen LogP) is 2.25. The molecule has 0 amide bonds. The van der Waals surface area contributed by atoms with Crippen molar-refractivity contribution in [2.45, 2.75) is 24.0 Å². The molecule has 0 saturated heterocycles.